The number of hydrogen-bond donors (Lipinski definition) is 2. The monoisotopic (exact) mass is 228 g/mol. The Kier molecular flexibility index (Phi) is 5.25. The number of aryl methyl sites for hydroxylation is 1. The maximum Gasteiger partial charge on any atom is 0.0814 e. The number of rotatable bonds is 6. The van der Waals surface area contributed by atoms with Gasteiger partial charge in [0.1, 0.15) is 0 Å². The molecule has 3 N–H and O–H groups in total. The molecule has 0 aromatic carbocycles. The molecule has 1 aromatic heterocycles. The Morgan fingerprint density at radius 2 is 2.27 bits per heavy atom. The molecule has 0 saturated carbocycles. The van der Waals surface area contributed by atoms with Gasteiger partial charge < -0.3 is 4.74 Å². The van der Waals surface area contributed by atoms with Gasteiger partial charge in [-0.25, -0.2) is 5.43 Å². The van der Waals surface area contributed by atoms with Gasteiger partial charge in [0.05, 0.1) is 12.1 Å². The Morgan fingerprint density at radius 3 is 2.67 bits per heavy atom. The fraction of sp³-hybridized carbons (Fsp3) is 0.636. The Bertz CT molecular complexity index is 288. The minimum atomic E-state index is 0.105. The van der Waals surface area contributed by atoms with E-state index in [0.29, 0.717) is 0 Å². The van der Waals surface area contributed by atoms with Crippen LogP contribution in [0.5, 0.6) is 0 Å². The topological polar surface area (TPSA) is 47.3 Å². The Morgan fingerprint density at radius 1 is 1.53 bits per heavy atom. The highest BCUT2D eigenvalue weighted by atomic mass is 32.1. The molecular formula is C11H20N2OS. The third kappa shape index (κ3) is 3.28. The second kappa shape index (κ2) is 6.23. The largest absolute Gasteiger partial charge is 0.379 e. The number of ether oxygens (including phenoxy) is 1. The van der Waals surface area contributed by atoms with Crippen LogP contribution < -0.4 is 11.3 Å². The zero-order chi connectivity index (χ0) is 11.3. The van der Waals surface area contributed by atoms with E-state index in [1.807, 2.05) is 0 Å². The normalized spacial score (nSPS) is 15.2. The molecule has 86 valence electrons. The van der Waals surface area contributed by atoms with Crippen molar-refractivity contribution in [2.45, 2.75) is 38.8 Å². The Balaban J connectivity index is 2.76. The second-order valence-corrected chi connectivity index (χ2v) is 4.98. The molecule has 15 heavy (non-hydrogen) atoms. The summed E-state index contributed by atoms with van der Waals surface area (Å²) in [6.45, 7) is 4.25. The number of nitrogens with two attached hydrogens (primary N) is 1. The van der Waals surface area contributed by atoms with Crippen molar-refractivity contribution >= 4 is 11.3 Å². The first-order chi connectivity index (χ1) is 7.22. The Hall–Kier alpha value is -0.420. The molecule has 0 saturated heterocycles. The molecular weight excluding hydrogens is 208 g/mol. The first kappa shape index (κ1) is 12.6. The van der Waals surface area contributed by atoms with E-state index < -0.39 is 0 Å². The van der Waals surface area contributed by atoms with E-state index in [-0.39, 0.29) is 12.1 Å². The molecule has 0 amide bonds. The van der Waals surface area contributed by atoms with Crippen LogP contribution in [-0.2, 0) is 4.74 Å². The van der Waals surface area contributed by atoms with Crippen molar-refractivity contribution < 1.29 is 4.74 Å². The Labute approximate surface area is 95.6 Å². The molecule has 1 aromatic rings. The summed E-state index contributed by atoms with van der Waals surface area (Å²) in [4.78, 5) is 2.55. The standard InChI is InChI=1S/C11H20N2OS/c1-4-5-9(14-3)11(13-12)10-7-6-8(2)15-10/h6-7,9,11,13H,4-5,12H2,1-3H3. The fourth-order valence-corrected chi connectivity index (χ4v) is 2.69. The molecule has 2 atom stereocenters. The van der Waals surface area contributed by atoms with Gasteiger partial charge in [0.25, 0.3) is 0 Å². The van der Waals surface area contributed by atoms with Crippen LogP contribution >= 0.6 is 11.3 Å². The highest BCUT2D eigenvalue weighted by molar-refractivity contribution is 7.12. The highest BCUT2D eigenvalue weighted by Crippen LogP contribution is 2.27. The van der Waals surface area contributed by atoms with Crippen LogP contribution in [0.15, 0.2) is 12.1 Å². The molecule has 0 aliphatic heterocycles. The summed E-state index contributed by atoms with van der Waals surface area (Å²) in [6.07, 6.45) is 2.27. The van der Waals surface area contributed by atoms with Crippen LogP contribution in [0.4, 0.5) is 0 Å². The van der Waals surface area contributed by atoms with Crippen molar-refractivity contribution in [3.8, 4) is 0 Å². The van der Waals surface area contributed by atoms with Gasteiger partial charge in [-0.2, -0.15) is 0 Å². The van der Waals surface area contributed by atoms with Crippen LogP contribution in [0.1, 0.15) is 35.6 Å². The summed E-state index contributed by atoms with van der Waals surface area (Å²) < 4.78 is 5.47. The molecule has 2 unspecified atom stereocenters. The zero-order valence-electron chi connectivity index (χ0n) is 9.62. The summed E-state index contributed by atoms with van der Waals surface area (Å²) in [5, 5.41) is 0. The highest BCUT2D eigenvalue weighted by Gasteiger charge is 2.22. The van der Waals surface area contributed by atoms with E-state index in [9.17, 15) is 0 Å². The fourth-order valence-electron chi connectivity index (χ4n) is 1.70. The minimum Gasteiger partial charge on any atom is -0.379 e. The number of nitrogens with one attached hydrogen (secondary N) is 1. The number of thiophene rings is 1. The van der Waals surface area contributed by atoms with Crippen LogP contribution in [0.25, 0.3) is 0 Å². The molecule has 0 fully saturated rings. The van der Waals surface area contributed by atoms with E-state index in [0.717, 1.165) is 12.8 Å². The molecule has 1 heterocycles. The summed E-state index contributed by atoms with van der Waals surface area (Å²) in [5.74, 6) is 5.60. The van der Waals surface area contributed by atoms with Crippen molar-refractivity contribution in [1.29, 1.82) is 0 Å². The lowest BCUT2D eigenvalue weighted by Crippen LogP contribution is -2.37. The summed E-state index contributed by atoms with van der Waals surface area (Å²) in [6, 6.07) is 4.34. The molecule has 1 rings (SSSR count). The van der Waals surface area contributed by atoms with Crippen LogP contribution in [0.2, 0.25) is 0 Å². The van der Waals surface area contributed by atoms with Crippen molar-refractivity contribution in [2.75, 3.05) is 7.11 Å². The molecule has 4 heteroatoms. The first-order valence-electron chi connectivity index (χ1n) is 5.28. The van der Waals surface area contributed by atoms with Crippen molar-refractivity contribution in [2.24, 2.45) is 5.84 Å². The SMILES string of the molecule is CCCC(OC)C(NN)c1ccc(C)s1. The molecule has 0 aliphatic carbocycles. The van der Waals surface area contributed by atoms with E-state index in [4.69, 9.17) is 10.6 Å². The quantitative estimate of drug-likeness (QED) is 0.580. The molecule has 0 bridgehead atoms. The predicted octanol–water partition coefficient (Wildman–Crippen LogP) is 2.38. The third-order valence-corrected chi connectivity index (χ3v) is 3.58. The van der Waals surface area contributed by atoms with Crippen molar-refractivity contribution in [3.05, 3.63) is 21.9 Å². The van der Waals surface area contributed by atoms with Gasteiger partial charge >= 0.3 is 0 Å². The van der Waals surface area contributed by atoms with Gasteiger partial charge in [-0.05, 0) is 25.5 Å². The lowest BCUT2D eigenvalue weighted by molar-refractivity contribution is 0.0617. The lowest BCUT2D eigenvalue weighted by Gasteiger charge is -2.24. The van der Waals surface area contributed by atoms with Crippen LogP contribution in [0.3, 0.4) is 0 Å². The second-order valence-electron chi connectivity index (χ2n) is 3.66. The first-order valence-corrected chi connectivity index (χ1v) is 6.09. The predicted molar refractivity (Wildman–Crippen MR) is 64.8 cm³/mol. The number of methoxy groups -OCH3 is 1. The molecule has 0 radical (unpaired) electrons. The van der Waals surface area contributed by atoms with Gasteiger partial charge in [-0.3, -0.25) is 5.84 Å². The maximum atomic E-state index is 5.60. The van der Waals surface area contributed by atoms with Gasteiger partial charge in [0, 0.05) is 16.9 Å². The van der Waals surface area contributed by atoms with Crippen LogP contribution in [-0.4, -0.2) is 13.2 Å². The molecule has 0 aliphatic rings. The van der Waals surface area contributed by atoms with Gasteiger partial charge in [0.15, 0.2) is 0 Å². The van der Waals surface area contributed by atoms with Crippen molar-refractivity contribution in [1.82, 2.24) is 5.43 Å². The van der Waals surface area contributed by atoms with Gasteiger partial charge in [0.2, 0.25) is 0 Å². The van der Waals surface area contributed by atoms with E-state index >= 15 is 0 Å². The van der Waals surface area contributed by atoms with Gasteiger partial charge in [-0.15, -0.1) is 11.3 Å². The van der Waals surface area contributed by atoms with Crippen LogP contribution in [0, 0.1) is 6.92 Å². The average molecular weight is 228 g/mol. The summed E-state index contributed by atoms with van der Waals surface area (Å²) >= 11 is 1.77. The maximum absolute atomic E-state index is 5.60. The number of hydrazine groups is 1. The smallest absolute Gasteiger partial charge is 0.0814 e. The van der Waals surface area contributed by atoms with E-state index in [1.54, 1.807) is 18.4 Å². The van der Waals surface area contributed by atoms with Crippen molar-refractivity contribution in [3.63, 3.8) is 0 Å². The third-order valence-electron chi connectivity index (χ3n) is 2.49. The molecule has 0 spiro atoms. The summed E-state index contributed by atoms with van der Waals surface area (Å²) in [7, 11) is 1.74. The minimum absolute atomic E-state index is 0.105. The number of hydrogen-bond acceptors (Lipinski definition) is 4. The summed E-state index contributed by atoms with van der Waals surface area (Å²) in [5.41, 5.74) is 2.85. The van der Waals surface area contributed by atoms with Gasteiger partial charge in [-0.1, -0.05) is 13.3 Å². The van der Waals surface area contributed by atoms with E-state index in [1.165, 1.54) is 9.75 Å². The lowest BCUT2D eigenvalue weighted by atomic mass is 10.1. The average Bonchev–Trinajstić information content (AvgIpc) is 2.64. The zero-order valence-corrected chi connectivity index (χ0v) is 10.4. The van der Waals surface area contributed by atoms with E-state index in [2.05, 4.69) is 31.4 Å². The molecule has 3 nitrogen and oxygen atoms in total.